The van der Waals surface area contributed by atoms with Crippen molar-refractivity contribution in [2.24, 2.45) is 0 Å². The van der Waals surface area contributed by atoms with E-state index in [1.807, 2.05) is 30.3 Å². The second kappa shape index (κ2) is 9.59. The number of thiocarbonyl (C=S) groups is 1. The van der Waals surface area contributed by atoms with E-state index >= 15 is 0 Å². The van der Waals surface area contributed by atoms with Gasteiger partial charge in [0, 0.05) is 24.4 Å². The van der Waals surface area contributed by atoms with Crippen molar-refractivity contribution in [2.75, 3.05) is 0 Å². The Morgan fingerprint density at radius 2 is 1.81 bits per heavy atom. The predicted molar refractivity (Wildman–Crippen MR) is 118 cm³/mol. The van der Waals surface area contributed by atoms with Gasteiger partial charge in [-0.15, -0.1) is 0 Å². The maximum Gasteiger partial charge on any atom is 0.294 e. The number of carbonyl (C=O) groups excluding carboxylic acids is 1. The van der Waals surface area contributed by atoms with E-state index in [-0.39, 0.29) is 16.5 Å². The number of aromatic nitrogens is 2. The van der Waals surface area contributed by atoms with E-state index in [9.17, 15) is 19.7 Å². The summed E-state index contributed by atoms with van der Waals surface area (Å²) < 4.78 is 1.18. The average molecular weight is 438 g/mol. The van der Waals surface area contributed by atoms with E-state index in [0.29, 0.717) is 12.2 Å². The standard InChI is InChI=1S/C20H18N6O4S/c1-13-11-17(27)18(24-25(13)15-9-5-6-10-16(15)26(29)30)19(28)22-23-20(31)21-12-14-7-3-2-4-8-14/h2-11H,12H2,1H3,(H,22,28)(H2,21,23,31). The summed E-state index contributed by atoms with van der Waals surface area (Å²) in [7, 11) is 0. The fraction of sp³-hybridized carbons (Fsp3) is 0.100. The normalized spacial score (nSPS) is 10.2. The molecule has 1 aromatic heterocycles. The summed E-state index contributed by atoms with van der Waals surface area (Å²) in [4.78, 5) is 35.5. The van der Waals surface area contributed by atoms with E-state index < -0.39 is 22.0 Å². The zero-order valence-corrected chi connectivity index (χ0v) is 17.2. The summed E-state index contributed by atoms with van der Waals surface area (Å²) in [6, 6.07) is 16.6. The third-order valence-corrected chi connectivity index (χ3v) is 4.46. The molecule has 31 heavy (non-hydrogen) atoms. The highest BCUT2D eigenvalue weighted by atomic mass is 32.1. The molecule has 158 valence electrons. The molecule has 0 radical (unpaired) electrons. The van der Waals surface area contributed by atoms with Crippen molar-refractivity contribution in [3.05, 3.63) is 98.0 Å². The number of nitro groups is 1. The van der Waals surface area contributed by atoms with Gasteiger partial charge in [0.2, 0.25) is 5.43 Å². The van der Waals surface area contributed by atoms with E-state index in [4.69, 9.17) is 12.2 Å². The second-order valence-electron chi connectivity index (χ2n) is 6.40. The highest BCUT2D eigenvalue weighted by Crippen LogP contribution is 2.22. The maximum absolute atomic E-state index is 12.5. The van der Waals surface area contributed by atoms with Crippen LogP contribution in [0.25, 0.3) is 5.69 Å². The molecular weight excluding hydrogens is 420 g/mol. The minimum Gasteiger partial charge on any atom is -0.357 e. The zero-order valence-electron chi connectivity index (χ0n) is 16.4. The minimum absolute atomic E-state index is 0.132. The van der Waals surface area contributed by atoms with Crippen molar-refractivity contribution < 1.29 is 9.72 Å². The molecule has 0 bridgehead atoms. The molecule has 0 fully saturated rings. The van der Waals surface area contributed by atoms with Crippen LogP contribution < -0.4 is 21.6 Å². The van der Waals surface area contributed by atoms with Gasteiger partial charge in [-0.3, -0.25) is 30.6 Å². The summed E-state index contributed by atoms with van der Waals surface area (Å²) in [5.41, 5.74) is 4.99. The van der Waals surface area contributed by atoms with Gasteiger partial charge in [-0.2, -0.15) is 5.10 Å². The molecule has 11 heteroatoms. The molecule has 3 aromatic rings. The number of aryl methyl sites for hydroxylation is 1. The van der Waals surface area contributed by atoms with E-state index in [1.165, 1.54) is 28.9 Å². The zero-order chi connectivity index (χ0) is 22.4. The summed E-state index contributed by atoms with van der Waals surface area (Å²) in [5.74, 6) is -0.832. The lowest BCUT2D eigenvalue weighted by Gasteiger charge is -2.13. The SMILES string of the molecule is Cc1cc(=O)c(C(=O)NNC(=S)NCc2ccccc2)nn1-c1ccccc1[N+](=O)[O-]. The van der Waals surface area contributed by atoms with E-state index in [0.717, 1.165) is 5.56 Å². The Morgan fingerprint density at radius 3 is 2.52 bits per heavy atom. The van der Waals surface area contributed by atoms with Gasteiger partial charge >= 0.3 is 0 Å². The van der Waals surface area contributed by atoms with Crippen LogP contribution in [-0.4, -0.2) is 25.7 Å². The number of nitrogens with one attached hydrogen (secondary N) is 3. The fourth-order valence-corrected chi connectivity index (χ4v) is 2.86. The number of benzene rings is 2. The third kappa shape index (κ3) is 5.28. The molecule has 0 spiro atoms. The third-order valence-electron chi connectivity index (χ3n) is 4.21. The van der Waals surface area contributed by atoms with Crippen LogP contribution in [0.3, 0.4) is 0 Å². The van der Waals surface area contributed by atoms with Crippen molar-refractivity contribution in [3.8, 4) is 5.69 Å². The fourth-order valence-electron chi connectivity index (χ4n) is 2.74. The number of nitro benzene ring substituents is 1. The molecule has 0 saturated heterocycles. The first-order valence-corrected chi connectivity index (χ1v) is 9.50. The quantitative estimate of drug-likeness (QED) is 0.312. The van der Waals surface area contributed by atoms with Gasteiger partial charge in [0.25, 0.3) is 11.6 Å². The summed E-state index contributed by atoms with van der Waals surface area (Å²) in [6.45, 7) is 2.00. The van der Waals surface area contributed by atoms with Crippen LogP contribution in [0, 0.1) is 17.0 Å². The molecule has 1 heterocycles. The monoisotopic (exact) mass is 438 g/mol. The molecule has 1 amide bonds. The van der Waals surface area contributed by atoms with Gasteiger partial charge < -0.3 is 5.32 Å². The summed E-state index contributed by atoms with van der Waals surface area (Å²) in [5, 5.41) is 18.4. The van der Waals surface area contributed by atoms with Gasteiger partial charge in [0.15, 0.2) is 10.8 Å². The van der Waals surface area contributed by atoms with Gasteiger partial charge in [-0.05, 0) is 30.8 Å². The van der Waals surface area contributed by atoms with Crippen molar-refractivity contribution in [1.82, 2.24) is 25.9 Å². The maximum atomic E-state index is 12.5. The molecule has 0 aliphatic carbocycles. The predicted octanol–water partition coefficient (Wildman–Crippen LogP) is 1.76. The molecule has 0 unspecified atom stereocenters. The number of hydrogen-bond donors (Lipinski definition) is 3. The number of para-hydroxylation sites is 2. The number of carbonyl (C=O) groups is 1. The number of amides is 1. The number of rotatable bonds is 5. The lowest BCUT2D eigenvalue weighted by Crippen LogP contribution is -2.48. The molecule has 3 N–H and O–H groups in total. The topological polar surface area (TPSA) is 131 Å². The van der Waals surface area contributed by atoms with Crippen LogP contribution in [0.2, 0.25) is 0 Å². The van der Waals surface area contributed by atoms with E-state index in [2.05, 4.69) is 21.3 Å². The average Bonchev–Trinajstić information content (AvgIpc) is 2.77. The van der Waals surface area contributed by atoms with Gasteiger partial charge in [0.05, 0.1) is 4.92 Å². The van der Waals surface area contributed by atoms with Crippen LogP contribution in [-0.2, 0) is 6.54 Å². The van der Waals surface area contributed by atoms with Crippen molar-refractivity contribution in [3.63, 3.8) is 0 Å². The smallest absolute Gasteiger partial charge is 0.294 e. The Morgan fingerprint density at radius 1 is 1.13 bits per heavy atom. The number of nitrogens with zero attached hydrogens (tertiary/aromatic N) is 3. The lowest BCUT2D eigenvalue weighted by atomic mass is 10.2. The highest BCUT2D eigenvalue weighted by molar-refractivity contribution is 7.80. The van der Waals surface area contributed by atoms with Crippen LogP contribution in [0.1, 0.15) is 21.7 Å². The van der Waals surface area contributed by atoms with Crippen LogP contribution in [0.5, 0.6) is 0 Å². The minimum atomic E-state index is -0.832. The van der Waals surface area contributed by atoms with Gasteiger partial charge in [0.1, 0.15) is 5.69 Å². The summed E-state index contributed by atoms with van der Waals surface area (Å²) in [6.07, 6.45) is 0. The van der Waals surface area contributed by atoms with Gasteiger partial charge in [-0.25, -0.2) is 4.68 Å². The molecular formula is C20H18N6O4S. The van der Waals surface area contributed by atoms with Crippen LogP contribution >= 0.6 is 12.2 Å². The second-order valence-corrected chi connectivity index (χ2v) is 6.81. The van der Waals surface area contributed by atoms with Gasteiger partial charge in [-0.1, -0.05) is 42.5 Å². The first-order chi connectivity index (χ1) is 14.9. The first kappa shape index (κ1) is 21.6. The number of hydrazine groups is 1. The summed E-state index contributed by atoms with van der Waals surface area (Å²) >= 11 is 5.11. The largest absolute Gasteiger partial charge is 0.357 e. The van der Waals surface area contributed by atoms with E-state index in [1.54, 1.807) is 13.0 Å². The molecule has 10 nitrogen and oxygen atoms in total. The molecule has 3 rings (SSSR count). The van der Waals surface area contributed by atoms with Crippen molar-refractivity contribution in [2.45, 2.75) is 13.5 Å². The molecule has 0 aliphatic rings. The molecule has 2 aromatic carbocycles. The van der Waals surface area contributed by atoms with Crippen molar-refractivity contribution in [1.29, 1.82) is 0 Å². The molecule has 0 atom stereocenters. The molecule has 0 saturated carbocycles. The Labute approximate surface area is 182 Å². The Bertz CT molecular complexity index is 1200. The van der Waals surface area contributed by atoms with Crippen LogP contribution in [0.15, 0.2) is 65.5 Å². The van der Waals surface area contributed by atoms with Crippen molar-refractivity contribution >= 4 is 28.9 Å². The molecule has 0 aliphatic heterocycles. The lowest BCUT2D eigenvalue weighted by molar-refractivity contribution is -0.384. The number of hydrogen-bond acceptors (Lipinski definition) is 6. The Balaban J connectivity index is 1.75. The highest BCUT2D eigenvalue weighted by Gasteiger charge is 2.20. The Kier molecular flexibility index (Phi) is 6.67. The van der Waals surface area contributed by atoms with Crippen LogP contribution in [0.4, 0.5) is 5.69 Å². The first-order valence-electron chi connectivity index (χ1n) is 9.09. The Hall–Kier alpha value is -4.12.